The van der Waals surface area contributed by atoms with Crippen LogP contribution in [-0.4, -0.2) is 39.1 Å². The van der Waals surface area contributed by atoms with E-state index in [1.807, 2.05) is 0 Å². The number of amides is 1. The quantitative estimate of drug-likeness (QED) is 0.882. The molecule has 0 aliphatic carbocycles. The van der Waals surface area contributed by atoms with Crippen molar-refractivity contribution in [2.45, 2.75) is 30.2 Å². The van der Waals surface area contributed by atoms with Gasteiger partial charge in [0, 0.05) is 18.4 Å². The zero-order valence-corrected chi connectivity index (χ0v) is 12.4. The first-order chi connectivity index (χ1) is 9.58. The van der Waals surface area contributed by atoms with Gasteiger partial charge in [0.1, 0.15) is 0 Å². The number of alkyl halides is 2. The van der Waals surface area contributed by atoms with Crippen LogP contribution in [0.15, 0.2) is 23.1 Å². The fourth-order valence-electron chi connectivity index (χ4n) is 2.21. The number of sulfone groups is 1. The van der Waals surface area contributed by atoms with E-state index in [-0.39, 0.29) is 10.6 Å². The number of halogens is 2. The molecule has 8 heteroatoms. The maximum Gasteiger partial charge on any atom is 0.262 e. The third kappa shape index (κ3) is 3.76. The van der Waals surface area contributed by atoms with Crippen LogP contribution in [0, 0.1) is 6.92 Å². The standard InChI is InChI=1S/C13H16F2N2O3S/c1-8-3-4-9(5-11(8)21(2,19)20)17-12(18)10-6-13(14,15)7-16-10/h3-5,10,16H,6-7H2,1-2H3,(H,17,18). The van der Waals surface area contributed by atoms with Crippen molar-refractivity contribution in [3.63, 3.8) is 0 Å². The number of hydrogen-bond donors (Lipinski definition) is 2. The molecule has 2 rings (SSSR count). The number of carbonyl (C=O) groups excluding carboxylic acids is 1. The Bertz CT molecular complexity index is 674. The van der Waals surface area contributed by atoms with Gasteiger partial charge in [0.05, 0.1) is 17.5 Å². The summed E-state index contributed by atoms with van der Waals surface area (Å²) < 4.78 is 49.3. The molecule has 1 fully saturated rings. The highest BCUT2D eigenvalue weighted by atomic mass is 32.2. The highest BCUT2D eigenvalue weighted by molar-refractivity contribution is 7.90. The van der Waals surface area contributed by atoms with Gasteiger partial charge in [-0.15, -0.1) is 0 Å². The lowest BCUT2D eigenvalue weighted by Crippen LogP contribution is -2.35. The second-order valence-electron chi connectivity index (χ2n) is 5.24. The summed E-state index contributed by atoms with van der Waals surface area (Å²) in [5, 5.41) is 4.90. The summed E-state index contributed by atoms with van der Waals surface area (Å²) in [6.07, 6.45) is 0.504. The zero-order valence-electron chi connectivity index (χ0n) is 11.6. The van der Waals surface area contributed by atoms with Crippen molar-refractivity contribution in [3.8, 4) is 0 Å². The van der Waals surface area contributed by atoms with Crippen LogP contribution in [0.25, 0.3) is 0 Å². The molecule has 116 valence electrons. The van der Waals surface area contributed by atoms with Crippen LogP contribution in [-0.2, 0) is 14.6 Å². The fourth-order valence-corrected chi connectivity index (χ4v) is 3.20. The molecule has 0 bridgehead atoms. The van der Waals surface area contributed by atoms with Crippen molar-refractivity contribution < 1.29 is 22.0 Å². The molecule has 2 N–H and O–H groups in total. The molecule has 1 aliphatic rings. The van der Waals surface area contributed by atoms with E-state index < -0.39 is 40.7 Å². The molecule has 0 saturated carbocycles. The summed E-state index contributed by atoms with van der Waals surface area (Å²) in [7, 11) is -3.42. The van der Waals surface area contributed by atoms with Crippen LogP contribution >= 0.6 is 0 Å². The van der Waals surface area contributed by atoms with Crippen molar-refractivity contribution in [1.29, 1.82) is 0 Å². The Morgan fingerprint density at radius 2 is 2.10 bits per heavy atom. The largest absolute Gasteiger partial charge is 0.325 e. The Hall–Kier alpha value is -1.54. The predicted octanol–water partition coefficient (Wildman–Crippen LogP) is 1.33. The van der Waals surface area contributed by atoms with Gasteiger partial charge in [-0.05, 0) is 24.6 Å². The van der Waals surface area contributed by atoms with Crippen molar-refractivity contribution in [1.82, 2.24) is 5.32 Å². The Morgan fingerprint density at radius 3 is 2.62 bits per heavy atom. The number of benzene rings is 1. The topological polar surface area (TPSA) is 75.3 Å². The first-order valence-electron chi connectivity index (χ1n) is 6.31. The van der Waals surface area contributed by atoms with E-state index in [1.165, 1.54) is 12.1 Å². The van der Waals surface area contributed by atoms with E-state index in [0.717, 1.165) is 6.26 Å². The molecule has 1 aromatic rings. The number of nitrogens with one attached hydrogen (secondary N) is 2. The SMILES string of the molecule is Cc1ccc(NC(=O)C2CC(F)(F)CN2)cc1S(C)(=O)=O. The summed E-state index contributed by atoms with van der Waals surface area (Å²) >= 11 is 0. The van der Waals surface area contributed by atoms with Gasteiger partial charge in [0.15, 0.2) is 9.84 Å². The van der Waals surface area contributed by atoms with E-state index >= 15 is 0 Å². The van der Waals surface area contributed by atoms with Gasteiger partial charge in [0.25, 0.3) is 5.92 Å². The molecule has 21 heavy (non-hydrogen) atoms. The first kappa shape index (κ1) is 15.8. The number of hydrogen-bond acceptors (Lipinski definition) is 4. The lowest BCUT2D eigenvalue weighted by atomic mass is 10.1. The van der Waals surface area contributed by atoms with E-state index in [9.17, 15) is 22.0 Å². The van der Waals surface area contributed by atoms with E-state index in [0.29, 0.717) is 5.56 Å². The molecule has 1 unspecified atom stereocenters. The summed E-state index contributed by atoms with van der Waals surface area (Å²) in [5.41, 5.74) is 0.823. The number of carbonyl (C=O) groups is 1. The minimum Gasteiger partial charge on any atom is -0.325 e. The van der Waals surface area contributed by atoms with Gasteiger partial charge in [-0.1, -0.05) is 6.07 Å². The number of rotatable bonds is 3. The Balaban J connectivity index is 2.16. The third-order valence-corrected chi connectivity index (χ3v) is 4.52. The third-order valence-electron chi connectivity index (χ3n) is 3.28. The molecule has 5 nitrogen and oxygen atoms in total. The maximum atomic E-state index is 13.0. The summed E-state index contributed by atoms with van der Waals surface area (Å²) in [4.78, 5) is 12.0. The second kappa shape index (κ2) is 5.34. The smallest absolute Gasteiger partial charge is 0.262 e. The molecular weight excluding hydrogens is 302 g/mol. The Labute approximate surface area is 121 Å². The van der Waals surface area contributed by atoms with Gasteiger partial charge in [-0.3, -0.25) is 10.1 Å². The molecule has 0 aromatic heterocycles. The van der Waals surface area contributed by atoms with Gasteiger partial charge in [0.2, 0.25) is 5.91 Å². The van der Waals surface area contributed by atoms with Crippen LogP contribution in [0.3, 0.4) is 0 Å². The van der Waals surface area contributed by atoms with Gasteiger partial charge in [-0.25, -0.2) is 17.2 Å². The van der Waals surface area contributed by atoms with E-state index in [1.54, 1.807) is 13.0 Å². The maximum absolute atomic E-state index is 13.0. The molecule has 0 radical (unpaired) electrons. The lowest BCUT2D eigenvalue weighted by Gasteiger charge is -2.13. The molecule has 1 heterocycles. The van der Waals surface area contributed by atoms with Crippen molar-refractivity contribution in [2.24, 2.45) is 0 Å². The lowest BCUT2D eigenvalue weighted by molar-refractivity contribution is -0.118. The highest BCUT2D eigenvalue weighted by Crippen LogP contribution is 2.26. The molecule has 1 atom stereocenters. The van der Waals surface area contributed by atoms with Crippen LogP contribution in [0.4, 0.5) is 14.5 Å². The fraction of sp³-hybridized carbons (Fsp3) is 0.462. The van der Waals surface area contributed by atoms with Crippen molar-refractivity contribution in [2.75, 3.05) is 18.1 Å². The second-order valence-corrected chi connectivity index (χ2v) is 7.22. The Morgan fingerprint density at radius 1 is 1.43 bits per heavy atom. The van der Waals surface area contributed by atoms with Crippen LogP contribution in [0.5, 0.6) is 0 Å². The van der Waals surface area contributed by atoms with E-state index in [4.69, 9.17) is 0 Å². The average Bonchev–Trinajstić information content (AvgIpc) is 2.71. The summed E-state index contributed by atoms with van der Waals surface area (Å²) in [6.45, 7) is 1.11. The number of aryl methyl sites for hydroxylation is 1. The minimum atomic E-state index is -3.42. The minimum absolute atomic E-state index is 0.102. The summed E-state index contributed by atoms with van der Waals surface area (Å²) in [6, 6.07) is 3.44. The zero-order chi connectivity index (χ0) is 15.8. The number of anilines is 1. The van der Waals surface area contributed by atoms with E-state index in [2.05, 4.69) is 10.6 Å². The van der Waals surface area contributed by atoms with Crippen LogP contribution < -0.4 is 10.6 Å². The van der Waals surface area contributed by atoms with Gasteiger partial charge in [-0.2, -0.15) is 0 Å². The average molecular weight is 318 g/mol. The summed E-state index contributed by atoms with van der Waals surface area (Å²) in [5.74, 6) is -3.50. The van der Waals surface area contributed by atoms with Gasteiger partial charge >= 0.3 is 0 Å². The molecule has 1 amide bonds. The van der Waals surface area contributed by atoms with Crippen LogP contribution in [0.1, 0.15) is 12.0 Å². The van der Waals surface area contributed by atoms with Gasteiger partial charge < -0.3 is 5.32 Å². The molecular formula is C13H16F2N2O3S. The van der Waals surface area contributed by atoms with Crippen molar-refractivity contribution >= 4 is 21.4 Å². The normalized spacial score (nSPS) is 21.2. The molecule has 1 aromatic carbocycles. The predicted molar refractivity (Wildman–Crippen MR) is 74.3 cm³/mol. The Kier molecular flexibility index (Phi) is 4.03. The molecule has 1 saturated heterocycles. The van der Waals surface area contributed by atoms with Crippen molar-refractivity contribution in [3.05, 3.63) is 23.8 Å². The van der Waals surface area contributed by atoms with Crippen LogP contribution in [0.2, 0.25) is 0 Å². The first-order valence-corrected chi connectivity index (χ1v) is 8.20. The monoisotopic (exact) mass is 318 g/mol. The molecule has 0 spiro atoms. The highest BCUT2D eigenvalue weighted by Gasteiger charge is 2.42. The molecule has 1 aliphatic heterocycles.